The molecule has 19 heavy (non-hydrogen) atoms. The van der Waals surface area contributed by atoms with Gasteiger partial charge in [0.25, 0.3) is 0 Å². The molecule has 0 aliphatic heterocycles. The molecule has 0 fully saturated rings. The van der Waals surface area contributed by atoms with Crippen LogP contribution in [0.15, 0.2) is 30.3 Å². The molecule has 0 saturated carbocycles. The molecule has 1 unspecified atom stereocenters. The molecule has 1 aromatic carbocycles. The summed E-state index contributed by atoms with van der Waals surface area (Å²) >= 11 is 1.65. The van der Waals surface area contributed by atoms with Crippen LogP contribution in [-0.2, 0) is 4.84 Å². The molecule has 0 aliphatic carbocycles. The molecule has 2 aromatic rings. The molecule has 1 heterocycles. The molecule has 2 N–H and O–H groups in total. The molecule has 0 radical (unpaired) electrons. The molecule has 1 atom stereocenters. The van der Waals surface area contributed by atoms with Gasteiger partial charge in [0.15, 0.2) is 0 Å². The fourth-order valence-corrected chi connectivity index (χ4v) is 2.98. The molecule has 0 saturated heterocycles. The number of thiophene rings is 1. The van der Waals surface area contributed by atoms with Crippen molar-refractivity contribution in [2.24, 2.45) is 5.73 Å². The highest BCUT2D eigenvalue weighted by Crippen LogP contribution is 2.32. The predicted octanol–water partition coefficient (Wildman–Crippen LogP) is 3.68. The van der Waals surface area contributed by atoms with Crippen LogP contribution in [0.4, 0.5) is 4.79 Å². The number of carbonyl (C=O) groups is 1. The lowest BCUT2D eigenvalue weighted by atomic mass is 10.2. The fourth-order valence-electron chi connectivity index (χ4n) is 1.89. The van der Waals surface area contributed by atoms with Gasteiger partial charge in [0.2, 0.25) is 0 Å². The molecular formula is C14H18N2O2S. The molecular weight excluding hydrogens is 260 g/mol. The number of nitrogens with two attached hydrogens (primary N) is 1. The lowest BCUT2D eigenvalue weighted by molar-refractivity contribution is -0.168. The van der Waals surface area contributed by atoms with Crippen molar-refractivity contribution in [1.29, 1.82) is 0 Å². The fraction of sp³-hybridized carbons (Fsp3) is 0.357. The number of carbonyl (C=O) groups excluding carboxylic acids is 1. The topological polar surface area (TPSA) is 55.6 Å². The summed E-state index contributed by atoms with van der Waals surface area (Å²) in [5.41, 5.74) is 5.38. The van der Waals surface area contributed by atoms with Crippen molar-refractivity contribution in [1.82, 2.24) is 5.06 Å². The summed E-state index contributed by atoms with van der Waals surface area (Å²) in [6.45, 7) is 5.65. The van der Waals surface area contributed by atoms with Gasteiger partial charge < -0.3 is 5.73 Å². The van der Waals surface area contributed by atoms with Crippen LogP contribution in [0.25, 0.3) is 10.1 Å². The van der Waals surface area contributed by atoms with E-state index in [9.17, 15) is 4.79 Å². The van der Waals surface area contributed by atoms with E-state index in [4.69, 9.17) is 10.6 Å². The van der Waals surface area contributed by atoms with Gasteiger partial charge in [0.1, 0.15) is 0 Å². The number of hydroxylamine groups is 2. The maximum Gasteiger partial charge on any atom is 0.339 e. The van der Waals surface area contributed by atoms with Crippen LogP contribution < -0.4 is 5.73 Å². The highest BCUT2D eigenvalue weighted by molar-refractivity contribution is 7.19. The Kier molecular flexibility index (Phi) is 4.07. The third-order valence-electron chi connectivity index (χ3n) is 2.75. The molecule has 5 heteroatoms. The molecule has 102 valence electrons. The predicted molar refractivity (Wildman–Crippen MR) is 77.9 cm³/mol. The Morgan fingerprint density at radius 3 is 2.58 bits per heavy atom. The van der Waals surface area contributed by atoms with Crippen LogP contribution in [0.5, 0.6) is 0 Å². The third-order valence-corrected chi connectivity index (χ3v) is 4.04. The second-order valence-electron chi connectivity index (χ2n) is 4.68. The number of benzene rings is 1. The van der Waals surface area contributed by atoms with Crippen LogP contribution in [0.1, 0.15) is 31.7 Å². The van der Waals surface area contributed by atoms with Gasteiger partial charge in [-0.15, -0.1) is 11.3 Å². The summed E-state index contributed by atoms with van der Waals surface area (Å²) in [5.74, 6) is 0. The van der Waals surface area contributed by atoms with E-state index in [2.05, 4.69) is 18.2 Å². The minimum Gasteiger partial charge on any atom is -0.350 e. The monoisotopic (exact) mass is 278 g/mol. The Hall–Kier alpha value is -1.59. The Morgan fingerprint density at radius 1 is 1.32 bits per heavy atom. The van der Waals surface area contributed by atoms with Crippen molar-refractivity contribution in [3.8, 4) is 0 Å². The molecule has 0 aliphatic rings. The number of nitrogens with zero attached hydrogens (tertiary/aromatic N) is 1. The van der Waals surface area contributed by atoms with Gasteiger partial charge in [0.05, 0.1) is 12.1 Å². The highest BCUT2D eigenvalue weighted by Gasteiger charge is 2.23. The van der Waals surface area contributed by atoms with Gasteiger partial charge in [-0.1, -0.05) is 18.2 Å². The Labute approximate surface area is 116 Å². The summed E-state index contributed by atoms with van der Waals surface area (Å²) in [4.78, 5) is 18.0. The number of urea groups is 1. The van der Waals surface area contributed by atoms with E-state index >= 15 is 0 Å². The first-order valence-electron chi connectivity index (χ1n) is 6.23. The third kappa shape index (κ3) is 3.05. The van der Waals surface area contributed by atoms with E-state index in [0.29, 0.717) is 0 Å². The minimum absolute atomic E-state index is 0.0932. The van der Waals surface area contributed by atoms with E-state index in [-0.39, 0.29) is 12.1 Å². The number of primary amides is 1. The molecule has 1 aromatic heterocycles. The van der Waals surface area contributed by atoms with E-state index in [0.717, 1.165) is 4.88 Å². The first kappa shape index (κ1) is 13.8. The van der Waals surface area contributed by atoms with E-state index in [1.165, 1.54) is 15.1 Å². The average molecular weight is 278 g/mol. The van der Waals surface area contributed by atoms with Crippen molar-refractivity contribution in [2.45, 2.75) is 32.9 Å². The lowest BCUT2D eigenvalue weighted by Crippen LogP contribution is -2.39. The van der Waals surface area contributed by atoms with E-state index < -0.39 is 6.03 Å². The number of amides is 2. The molecule has 4 nitrogen and oxygen atoms in total. The van der Waals surface area contributed by atoms with Crippen LogP contribution >= 0.6 is 11.3 Å². The largest absolute Gasteiger partial charge is 0.350 e. The maximum atomic E-state index is 11.5. The minimum atomic E-state index is -0.571. The van der Waals surface area contributed by atoms with Crippen molar-refractivity contribution < 1.29 is 9.63 Å². The van der Waals surface area contributed by atoms with Crippen LogP contribution in [-0.4, -0.2) is 17.2 Å². The molecule has 0 bridgehead atoms. The number of fused-ring (bicyclic) bond motifs is 1. The summed E-state index contributed by atoms with van der Waals surface area (Å²) in [6, 6.07) is 9.43. The Morgan fingerprint density at radius 2 is 2.00 bits per heavy atom. The van der Waals surface area contributed by atoms with Gasteiger partial charge in [-0.25, -0.2) is 4.79 Å². The van der Waals surface area contributed by atoms with Crippen LogP contribution in [0.2, 0.25) is 0 Å². The second-order valence-corrected chi connectivity index (χ2v) is 5.80. The number of rotatable bonds is 4. The zero-order chi connectivity index (χ0) is 14.0. The number of hydrogen-bond donors (Lipinski definition) is 1. The summed E-state index contributed by atoms with van der Waals surface area (Å²) < 4.78 is 1.19. The van der Waals surface area contributed by atoms with Crippen molar-refractivity contribution in [3.63, 3.8) is 0 Å². The zero-order valence-electron chi connectivity index (χ0n) is 11.3. The van der Waals surface area contributed by atoms with Crippen LogP contribution in [0, 0.1) is 0 Å². The molecule has 0 spiro atoms. The van der Waals surface area contributed by atoms with Crippen molar-refractivity contribution in [2.75, 3.05) is 0 Å². The van der Waals surface area contributed by atoms with E-state index in [1.807, 2.05) is 32.9 Å². The van der Waals surface area contributed by atoms with Crippen LogP contribution in [0.3, 0.4) is 0 Å². The van der Waals surface area contributed by atoms with Crippen molar-refractivity contribution in [3.05, 3.63) is 35.2 Å². The first-order valence-corrected chi connectivity index (χ1v) is 7.04. The van der Waals surface area contributed by atoms with E-state index in [1.54, 1.807) is 11.3 Å². The van der Waals surface area contributed by atoms with Gasteiger partial charge in [-0.3, -0.25) is 4.84 Å². The summed E-state index contributed by atoms with van der Waals surface area (Å²) in [7, 11) is 0. The summed E-state index contributed by atoms with van der Waals surface area (Å²) in [5, 5.41) is 2.42. The molecule has 2 rings (SSSR count). The standard InChI is InChI=1S/C14H18N2O2S/c1-9(2)18-16(14(15)17)10(3)13-8-11-6-4-5-7-12(11)19-13/h4-10H,1-3H3,(H2,15,17). The quantitative estimate of drug-likeness (QED) is 0.867. The van der Waals surface area contributed by atoms with Gasteiger partial charge in [-0.2, -0.15) is 5.06 Å². The van der Waals surface area contributed by atoms with Gasteiger partial charge in [-0.05, 0) is 38.3 Å². The normalized spacial score (nSPS) is 12.8. The average Bonchev–Trinajstić information content (AvgIpc) is 2.78. The SMILES string of the molecule is CC(C)ON(C(N)=O)C(C)c1cc2ccccc2s1. The highest BCUT2D eigenvalue weighted by atomic mass is 32.1. The second kappa shape index (κ2) is 5.59. The van der Waals surface area contributed by atoms with Gasteiger partial charge in [0, 0.05) is 9.58 Å². The lowest BCUT2D eigenvalue weighted by Gasteiger charge is -2.27. The zero-order valence-corrected chi connectivity index (χ0v) is 12.1. The first-order chi connectivity index (χ1) is 8.99. The smallest absolute Gasteiger partial charge is 0.339 e. The van der Waals surface area contributed by atoms with Gasteiger partial charge >= 0.3 is 6.03 Å². The Bertz CT molecular complexity index is 547. The van der Waals surface area contributed by atoms with Crippen molar-refractivity contribution >= 4 is 27.5 Å². The maximum absolute atomic E-state index is 11.5. The molecule has 2 amide bonds. The Balaban J connectivity index is 2.30. The summed E-state index contributed by atoms with van der Waals surface area (Å²) in [6.07, 6.45) is -0.0932. The number of hydrogen-bond acceptors (Lipinski definition) is 3.